The number of carbonyl (C=O) groups excluding carboxylic acids is 1. The van der Waals surface area contributed by atoms with Crippen LogP contribution in [0.1, 0.15) is 11.5 Å². The fraction of sp³-hybridized carbons (Fsp3) is 0.333. The van der Waals surface area contributed by atoms with Crippen LogP contribution in [0.5, 0.6) is 0 Å². The monoisotopic (exact) mass is 246 g/mol. The van der Waals surface area contributed by atoms with Crippen molar-refractivity contribution in [1.29, 1.82) is 5.26 Å². The Morgan fingerprint density at radius 2 is 2.11 bits per heavy atom. The Balaban J connectivity index is 2.45. The zero-order chi connectivity index (χ0) is 13.3. The van der Waals surface area contributed by atoms with E-state index in [-0.39, 0.29) is 0 Å². The van der Waals surface area contributed by atoms with Gasteiger partial charge in [-0.15, -0.1) is 0 Å². The molecule has 1 aromatic rings. The van der Waals surface area contributed by atoms with Gasteiger partial charge >= 0.3 is 5.97 Å². The SMILES string of the molecule is COC(=O)[C@]1(C#N)[C@H](c2ccccc2)[C@@H]1[N+](=O)[O-]. The van der Waals surface area contributed by atoms with Gasteiger partial charge in [0.1, 0.15) is 0 Å². The number of methoxy groups -OCH3 is 1. The Kier molecular flexibility index (Phi) is 2.75. The first-order valence-electron chi connectivity index (χ1n) is 5.27. The fourth-order valence-corrected chi connectivity index (χ4v) is 2.36. The average Bonchev–Trinajstić information content (AvgIpc) is 3.09. The first-order valence-corrected chi connectivity index (χ1v) is 5.27. The van der Waals surface area contributed by atoms with Crippen molar-refractivity contribution >= 4 is 5.97 Å². The number of carbonyl (C=O) groups is 1. The summed E-state index contributed by atoms with van der Waals surface area (Å²) in [6.45, 7) is 0. The molecule has 92 valence electrons. The van der Waals surface area contributed by atoms with E-state index >= 15 is 0 Å². The van der Waals surface area contributed by atoms with Gasteiger partial charge in [0.05, 0.1) is 19.1 Å². The number of esters is 1. The predicted molar refractivity (Wildman–Crippen MR) is 60.0 cm³/mol. The molecule has 0 heterocycles. The average molecular weight is 246 g/mol. The molecule has 0 N–H and O–H groups in total. The summed E-state index contributed by atoms with van der Waals surface area (Å²) in [5, 5.41) is 20.1. The quantitative estimate of drug-likeness (QED) is 0.452. The molecule has 18 heavy (non-hydrogen) atoms. The highest BCUT2D eigenvalue weighted by Gasteiger charge is 2.81. The molecule has 0 aliphatic heterocycles. The van der Waals surface area contributed by atoms with Crippen LogP contribution in [0.3, 0.4) is 0 Å². The summed E-state index contributed by atoms with van der Waals surface area (Å²) < 4.78 is 4.53. The van der Waals surface area contributed by atoms with Crippen LogP contribution in [0.15, 0.2) is 30.3 Å². The number of nitriles is 1. The van der Waals surface area contributed by atoms with Crippen molar-refractivity contribution in [1.82, 2.24) is 0 Å². The lowest BCUT2D eigenvalue weighted by atomic mass is 10.0. The van der Waals surface area contributed by atoms with Gasteiger partial charge in [-0.3, -0.25) is 14.9 Å². The first-order chi connectivity index (χ1) is 8.59. The normalized spacial score (nSPS) is 29.1. The van der Waals surface area contributed by atoms with Gasteiger partial charge in [0.25, 0.3) is 6.04 Å². The van der Waals surface area contributed by atoms with Gasteiger partial charge in [0.2, 0.25) is 5.41 Å². The number of hydrogen-bond donors (Lipinski definition) is 0. The summed E-state index contributed by atoms with van der Waals surface area (Å²) >= 11 is 0. The van der Waals surface area contributed by atoms with Crippen molar-refractivity contribution in [3.05, 3.63) is 46.0 Å². The van der Waals surface area contributed by atoms with Crippen LogP contribution in [0.25, 0.3) is 0 Å². The van der Waals surface area contributed by atoms with Crippen LogP contribution in [0.4, 0.5) is 0 Å². The van der Waals surface area contributed by atoms with E-state index in [0.29, 0.717) is 5.56 Å². The van der Waals surface area contributed by atoms with E-state index in [1.807, 2.05) is 0 Å². The van der Waals surface area contributed by atoms with E-state index in [0.717, 1.165) is 7.11 Å². The maximum absolute atomic E-state index is 11.7. The van der Waals surface area contributed by atoms with E-state index in [4.69, 9.17) is 5.26 Å². The second-order valence-electron chi connectivity index (χ2n) is 4.09. The number of rotatable bonds is 3. The Bertz CT molecular complexity index is 537. The molecule has 0 radical (unpaired) electrons. The van der Waals surface area contributed by atoms with Crippen LogP contribution in [0, 0.1) is 26.9 Å². The van der Waals surface area contributed by atoms with Crippen LogP contribution in [0.2, 0.25) is 0 Å². The zero-order valence-corrected chi connectivity index (χ0v) is 9.57. The Morgan fingerprint density at radius 1 is 1.50 bits per heavy atom. The largest absolute Gasteiger partial charge is 0.468 e. The number of nitro groups is 1. The van der Waals surface area contributed by atoms with Crippen molar-refractivity contribution in [3.63, 3.8) is 0 Å². The topological polar surface area (TPSA) is 93.2 Å². The van der Waals surface area contributed by atoms with Gasteiger partial charge in [-0.05, 0) is 5.56 Å². The Labute approximate surface area is 103 Å². The molecule has 1 aliphatic rings. The van der Waals surface area contributed by atoms with Crippen molar-refractivity contribution in [2.24, 2.45) is 5.41 Å². The molecule has 1 aliphatic carbocycles. The second-order valence-corrected chi connectivity index (χ2v) is 4.09. The van der Waals surface area contributed by atoms with Crippen molar-refractivity contribution in [3.8, 4) is 6.07 Å². The van der Waals surface area contributed by atoms with Gasteiger partial charge in [-0.25, -0.2) is 0 Å². The lowest BCUT2D eigenvalue weighted by Crippen LogP contribution is -2.23. The van der Waals surface area contributed by atoms with Crippen LogP contribution >= 0.6 is 0 Å². The van der Waals surface area contributed by atoms with Crippen LogP contribution in [-0.2, 0) is 9.53 Å². The lowest BCUT2D eigenvalue weighted by Gasteiger charge is -2.03. The summed E-state index contributed by atoms with van der Waals surface area (Å²) in [6.07, 6.45) is 0. The molecular formula is C12H10N2O4. The molecule has 6 nitrogen and oxygen atoms in total. The highest BCUT2D eigenvalue weighted by Crippen LogP contribution is 2.61. The minimum Gasteiger partial charge on any atom is -0.468 e. The van der Waals surface area contributed by atoms with Crippen LogP contribution in [-0.4, -0.2) is 24.0 Å². The molecule has 1 saturated carbocycles. The molecule has 0 aromatic heterocycles. The third-order valence-electron chi connectivity index (χ3n) is 3.26. The van der Waals surface area contributed by atoms with E-state index in [1.165, 1.54) is 0 Å². The number of nitrogens with zero attached hydrogens (tertiary/aromatic N) is 2. The Hall–Kier alpha value is -2.42. The van der Waals surface area contributed by atoms with Crippen molar-refractivity contribution in [2.45, 2.75) is 12.0 Å². The van der Waals surface area contributed by atoms with Gasteiger partial charge < -0.3 is 4.74 Å². The maximum atomic E-state index is 11.7. The van der Waals surface area contributed by atoms with Crippen LogP contribution < -0.4 is 0 Å². The van der Waals surface area contributed by atoms with Gasteiger partial charge in [0.15, 0.2) is 0 Å². The molecule has 6 heteroatoms. The van der Waals surface area contributed by atoms with E-state index < -0.39 is 28.3 Å². The number of hydrogen-bond acceptors (Lipinski definition) is 5. The van der Waals surface area contributed by atoms with Crippen molar-refractivity contribution in [2.75, 3.05) is 7.11 Å². The Morgan fingerprint density at radius 3 is 2.56 bits per heavy atom. The summed E-state index contributed by atoms with van der Waals surface area (Å²) in [7, 11) is 1.12. The number of ether oxygens (including phenoxy) is 1. The molecule has 0 bridgehead atoms. The first kappa shape index (κ1) is 12.0. The summed E-state index contributed by atoms with van der Waals surface area (Å²) in [5.74, 6) is -1.59. The summed E-state index contributed by atoms with van der Waals surface area (Å²) in [4.78, 5) is 22.1. The summed E-state index contributed by atoms with van der Waals surface area (Å²) in [5.41, 5.74) is -1.09. The fourth-order valence-electron chi connectivity index (χ4n) is 2.36. The number of benzene rings is 1. The third-order valence-corrected chi connectivity index (χ3v) is 3.26. The molecule has 0 unspecified atom stereocenters. The molecule has 1 fully saturated rings. The maximum Gasteiger partial charge on any atom is 0.334 e. The van der Waals surface area contributed by atoms with E-state index in [9.17, 15) is 14.9 Å². The molecule has 3 atom stereocenters. The summed E-state index contributed by atoms with van der Waals surface area (Å²) in [6, 6.07) is 9.06. The predicted octanol–water partition coefficient (Wildman–Crippen LogP) is 1.11. The molecule has 0 amide bonds. The minimum absolute atomic E-state index is 0.586. The van der Waals surface area contributed by atoms with Gasteiger partial charge in [-0.2, -0.15) is 5.26 Å². The van der Waals surface area contributed by atoms with Gasteiger partial charge in [-0.1, -0.05) is 30.3 Å². The second kappa shape index (κ2) is 4.11. The molecule has 0 spiro atoms. The van der Waals surface area contributed by atoms with Crippen molar-refractivity contribution < 1.29 is 14.5 Å². The molecule has 1 aromatic carbocycles. The highest BCUT2D eigenvalue weighted by molar-refractivity contribution is 5.87. The van der Waals surface area contributed by atoms with E-state index in [2.05, 4.69) is 4.74 Å². The molecular weight excluding hydrogens is 236 g/mol. The lowest BCUT2D eigenvalue weighted by molar-refractivity contribution is -0.501. The molecule has 2 rings (SSSR count). The molecule has 0 saturated heterocycles. The van der Waals surface area contributed by atoms with Gasteiger partial charge in [0, 0.05) is 4.92 Å². The standard InChI is InChI=1S/C12H10N2O4/c1-18-11(15)12(7-13)9(10(12)14(16)17)8-5-3-2-4-6-8/h2-6,9-10H,1H3/t9-,10+,12-/m1/s1. The minimum atomic E-state index is -1.69. The zero-order valence-electron chi connectivity index (χ0n) is 9.57. The highest BCUT2D eigenvalue weighted by atomic mass is 16.6. The van der Waals surface area contributed by atoms with E-state index in [1.54, 1.807) is 36.4 Å². The smallest absolute Gasteiger partial charge is 0.334 e. The third kappa shape index (κ3) is 1.44.